The van der Waals surface area contributed by atoms with Crippen LogP contribution in [0.25, 0.3) is 0 Å². The van der Waals surface area contributed by atoms with E-state index in [-0.39, 0.29) is 18.2 Å². The number of rotatable bonds is 3. The molecule has 1 aromatic rings. The molecular weight excluding hydrogens is 352 g/mol. The Bertz CT molecular complexity index is 648. The van der Waals surface area contributed by atoms with Crippen LogP contribution in [0, 0.1) is 5.41 Å². The number of hydrogen-bond donors (Lipinski definition) is 0. The molecule has 0 aromatic carbocycles. The lowest BCUT2D eigenvalue weighted by atomic mass is 9.67. The van der Waals surface area contributed by atoms with E-state index in [1.807, 2.05) is 31.7 Å². The molecule has 1 aliphatic heterocycles. The fraction of sp³-hybridized carbons (Fsp3) is 0.737. The second-order valence-electron chi connectivity index (χ2n) is 9.22. The number of anilines is 1. The second kappa shape index (κ2) is 6.87. The van der Waals surface area contributed by atoms with Gasteiger partial charge in [0, 0.05) is 19.1 Å². The van der Waals surface area contributed by atoms with Crippen molar-refractivity contribution in [2.45, 2.75) is 71.6 Å². The molecule has 6 nitrogen and oxygen atoms in total. The molecule has 1 saturated carbocycles. The van der Waals surface area contributed by atoms with Gasteiger partial charge in [-0.25, -0.2) is 4.79 Å². The number of hydrogen-bond acceptors (Lipinski definition) is 5. The number of halogens is 1. The maximum Gasteiger partial charge on any atom is 0.410 e. The normalized spacial score (nSPS) is 22.8. The maximum absolute atomic E-state index is 12.9. The third kappa shape index (κ3) is 4.40. The summed E-state index contributed by atoms with van der Waals surface area (Å²) in [4.78, 5) is 17.1. The van der Waals surface area contributed by atoms with E-state index in [4.69, 9.17) is 16.3 Å². The van der Waals surface area contributed by atoms with Crippen molar-refractivity contribution >= 4 is 23.5 Å². The smallest absolute Gasteiger partial charge is 0.410 e. The molecule has 0 spiro atoms. The third-order valence-electron chi connectivity index (χ3n) is 5.07. The average Bonchev–Trinajstić information content (AvgIpc) is 2.94. The summed E-state index contributed by atoms with van der Waals surface area (Å²) >= 11 is 5.83. The number of amides is 1. The van der Waals surface area contributed by atoms with Gasteiger partial charge in [-0.15, -0.1) is 10.2 Å². The van der Waals surface area contributed by atoms with Gasteiger partial charge >= 0.3 is 6.09 Å². The van der Waals surface area contributed by atoms with Gasteiger partial charge in [-0.3, -0.25) is 0 Å². The second-order valence-corrected chi connectivity index (χ2v) is 9.60. The Morgan fingerprint density at radius 2 is 1.96 bits per heavy atom. The molecule has 1 unspecified atom stereocenters. The minimum absolute atomic E-state index is 0.128. The van der Waals surface area contributed by atoms with Crippen molar-refractivity contribution in [3.05, 3.63) is 17.3 Å². The molecule has 1 amide bonds. The number of carbonyl (C=O) groups excluding carboxylic acids is 1. The highest BCUT2D eigenvalue weighted by Gasteiger charge is 2.46. The highest BCUT2D eigenvalue weighted by molar-refractivity contribution is 6.29. The van der Waals surface area contributed by atoms with E-state index in [1.165, 1.54) is 0 Å². The number of ether oxygens (including phenoxy) is 1. The minimum Gasteiger partial charge on any atom is -0.444 e. The van der Waals surface area contributed by atoms with Gasteiger partial charge in [-0.05, 0) is 57.6 Å². The highest BCUT2D eigenvalue weighted by atomic mass is 35.5. The summed E-state index contributed by atoms with van der Waals surface area (Å²) in [5.74, 6) is 0.801. The Morgan fingerprint density at radius 1 is 1.27 bits per heavy atom. The van der Waals surface area contributed by atoms with Crippen molar-refractivity contribution in [2.24, 2.45) is 5.41 Å². The quantitative estimate of drug-likeness (QED) is 0.788. The minimum atomic E-state index is -0.492. The predicted molar refractivity (Wildman–Crippen MR) is 103 cm³/mol. The average molecular weight is 381 g/mol. The van der Waals surface area contributed by atoms with Crippen molar-refractivity contribution in [2.75, 3.05) is 18.0 Å². The van der Waals surface area contributed by atoms with Crippen LogP contribution in [0.15, 0.2) is 12.1 Å². The summed E-state index contributed by atoms with van der Waals surface area (Å²) in [5.41, 5.74) is -0.195. The van der Waals surface area contributed by atoms with Gasteiger partial charge < -0.3 is 14.5 Å². The van der Waals surface area contributed by atoms with Crippen LogP contribution in [0.2, 0.25) is 5.15 Å². The maximum atomic E-state index is 12.9. The van der Waals surface area contributed by atoms with Gasteiger partial charge in [0.25, 0.3) is 0 Å². The first-order valence-electron chi connectivity index (χ1n) is 9.30. The summed E-state index contributed by atoms with van der Waals surface area (Å²) in [6.07, 6.45) is 2.74. The molecule has 1 saturated heterocycles. The molecule has 26 heavy (non-hydrogen) atoms. The van der Waals surface area contributed by atoms with E-state index in [2.05, 4.69) is 28.9 Å². The molecule has 2 aliphatic rings. The molecular formula is C19H29ClN4O2. The van der Waals surface area contributed by atoms with Gasteiger partial charge in [-0.1, -0.05) is 25.4 Å². The molecule has 1 atom stereocenters. The van der Waals surface area contributed by atoms with Gasteiger partial charge in [0.15, 0.2) is 11.0 Å². The first kappa shape index (κ1) is 19.2. The van der Waals surface area contributed by atoms with Crippen molar-refractivity contribution in [1.82, 2.24) is 15.1 Å². The Kier molecular flexibility index (Phi) is 5.08. The van der Waals surface area contributed by atoms with Crippen LogP contribution in [0.4, 0.5) is 10.6 Å². The Hall–Kier alpha value is -1.56. The van der Waals surface area contributed by atoms with Crippen LogP contribution in [-0.4, -0.2) is 52.0 Å². The molecule has 144 valence electrons. The van der Waals surface area contributed by atoms with E-state index >= 15 is 0 Å². The number of nitrogens with zero attached hydrogens (tertiary/aromatic N) is 4. The first-order valence-corrected chi connectivity index (χ1v) is 9.67. The van der Waals surface area contributed by atoms with Crippen molar-refractivity contribution in [3.63, 3.8) is 0 Å². The zero-order valence-corrected chi connectivity index (χ0v) is 17.1. The Morgan fingerprint density at radius 3 is 2.50 bits per heavy atom. The summed E-state index contributed by atoms with van der Waals surface area (Å²) in [5, 5.41) is 8.48. The zero-order chi connectivity index (χ0) is 19.1. The fourth-order valence-electron chi connectivity index (χ4n) is 3.98. The largest absolute Gasteiger partial charge is 0.444 e. The van der Waals surface area contributed by atoms with Crippen LogP contribution in [0.5, 0.6) is 0 Å². The summed E-state index contributed by atoms with van der Waals surface area (Å²) < 4.78 is 5.72. The topological polar surface area (TPSA) is 58.6 Å². The van der Waals surface area contributed by atoms with Crippen molar-refractivity contribution in [1.29, 1.82) is 0 Å². The van der Waals surface area contributed by atoms with E-state index in [0.29, 0.717) is 10.6 Å². The third-order valence-corrected chi connectivity index (χ3v) is 5.27. The number of carbonyl (C=O) groups is 1. The Balaban J connectivity index is 1.72. The molecule has 3 rings (SSSR count). The monoisotopic (exact) mass is 380 g/mol. The molecule has 2 fully saturated rings. The van der Waals surface area contributed by atoms with Crippen LogP contribution >= 0.6 is 11.6 Å². The standard InChI is InChI=1S/C19H29ClN4O2/c1-18(2,3)26-17(25)24(14-10-19(4,5)11-14)13-8-9-23(12-13)16-7-6-15(20)21-22-16/h6-7,13-14H,8-12H2,1-5H3. The van der Waals surface area contributed by atoms with Gasteiger partial charge in [0.2, 0.25) is 0 Å². The van der Waals surface area contributed by atoms with E-state index in [1.54, 1.807) is 6.07 Å². The lowest BCUT2D eigenvalue weighted by Crippen LogP contribution is -2.56. The molecule has 2 heterocycles. The van der Waals surface area contributed by atoms with Crippen LogP contribution in [0.1, 0.15) is 53.9 Å². The van der Waals surface area contributed by atoms with Crippen LogP contribution < -0.4 is 4.90 Å². The lowest BCUT2D eigenvalue weighted by molar-refractivity contribution is -0.0291. The zero-order valence-electron chi connectivity index (χ0n) is 16.3. The summed E-state index contributed by atoms with van der Waals surface area (Å²) in [6, 6.07) is 4.00. The summed E-state index contributed by atoms with van der Waals surface area (Å²) in [6.45, 7) is 11.8. The van der Waals surface area contributed by atoms with Crippen molar-refractivity contribution < 1.29 is 9.53 Å². The van der Waals surface area contributed by atoms with E-state index < -0.39 is 5.60 Å². The number of aromatic nitrogens is 2. The molecule has 7 heteroatoms. The SMILES string of the molecule is CC1(C)CC(N(C(=O)OC(C)(C)C)C2CCN(c3ccc(Cl)nn3)C2)C1. The van der Waals surface area contributed by atoms with Crippen molar-refractivity contribution in [3.8, 4) is 0 Å². The Labute approximate surface area is 160 Å². The molecule has 1 aromatic heterocycles. The van der Waals surface area contributed by atoms with Crippen LogP contribution in [-0.2, 0) is 4.74 Å². The molecule has 0 radical (unpaired) electrons. The van der Waals surface area contributed by atoms with Crippen LogP contribution in [0.3, 0.4) is 0 Å². The predicted octanol–water partition coefficient (Wildman–Crippen LogP) is 4.13. The van der Waals surface area contributed by atoms with E-state index in [0.717, 1.165) is 38.2 Å². The molecule has 0 bridgehead atoms. The molecule has 0 N–H and O–H groups in total. The van der Waals surface area contributed by atoms with Gasteiger partial charge in [-0.2, -0.15) is 0 Å². The molecule has 1 aliphatic carbocycles. The van der Waals surface area contributed by atoms with Gasteiger partial charge in [0.05, 0.1) is 6.04 Å². The fourth-order valence-corrected chi connectivity index (χ4v) is 4.08. The first-order chi connectivity index (χ1) is 12.0. The lowest BCUT2D eigenvalue weighted by Gasteiger charge is -2.50. The van der Waals surface area contributed by atoms with E-state index in [9.17, 15) is 4.79 Å². The highest BCUT2D eigenvalue weighted by Crippen LogP contribution is 2.44. The summed E-state index contributed by atoms with van der Waals surface area (Å²) in [7, 11) is 0. The van der Waals surface area contributed by atoms with Gasteiger partial charge in [0.1, 0.15) is 5.60 Å².